The lowest BCUT2D eigenvalue weighted by Gasteiger charge is -2.43. The lowest BCUT2D eigenvalue weighted by atomic mass is 9.89. The van der Waals surface area contributed by atoms with Crippen LogP contribution in [0.4, 0.5) is 0 Å². The van der Waals surface area contributed by atoms with Crippen LogP contribution in [0.15, 0.2) is 121 Å². The third-order valence-corrected chi connectivity index (χ3v) is 11.1. The van der Waals surface area contributed by atoms with Crippen LogP contribution in [0.2, 0.25) is 0 Å². The molecular weight excluding hydrogens is 621 g/mol. The molecule has 2 fully saturated rings. The number of aliphatic hydroxyl groups excluding tert-OH is 1. The molecule has 4 aromatic carbocycles. The Kier molecular flexibility index (Phi) is 11.2. The van der Waals surface area contributed by atoms with Crippen LogP contribution in [0.25, 0.3) is 11.1 Å². The van der Waals surface area contributed by atoms with Gasteiger partial charge in [0.25, 0.3) is 0 Å². The van der Waals surface area contributed by atoms with Gasteiger partial charge in [-0.2, -0.15) is 0 Å². The van der Waals surface area contributed by atoms with E-state index in [1.807, 2.05) is 42.5 Å². The van der Waals surface area contributed by atoms with Crippen LogP contribution in [0.1, 0.15) is 67.3 Å². The van der Waals surface area contributed by atoms with Crippen LogP contribution in [-0.4, -0.2) is 43.7 Å². The minimum absolute atomic E-state index is 0.00613. The van der Waals surface area contributed by atoms with Crippen molar-refractivity contribution in [2.75, 3.05) is 13.1 Å². The van der Waals surface area contributed by atoms with Crippen LogP contribution in [0.3, 0.4) is 0 Å². The lowest BCUT2D eigenvalue weighted by Crippen LogP contribution is -2.47. The van der Waals surface area contributed by atoms with E-state index in [4.69, 9.17) is 9.47 Å². The van der Waals surface area contributed by atoms with Gasteiger partial charge in [0, 0.05) is 37.2 Å². The fraction of sp³-hybridized carbons (Fsp3) is 0.350. The molecule has 48 heavy (non-hydrogen) atoms. The van der Waals surface area contributed by atoms with E-state index >= 15 is 0 Å². The van der Waals surface area contributed by atoms with Gasteiger partial charge in [0.2, 0.25) is 10.0 Å². The monoisotopic (exact) mass is 666 g/mol. The predicted molar refractivity (Wildman–Crippen MR) is 189 cm³/mol. The Hall–Kier alpha value is -3.63. The predicted octanol–water partition coefficient (Wildman–Crippen LogP) is 7.55. The van der Waals surface area contributed by atoms with Crippen LogP contribution >= 0.6 is 0 Å². The maximum Gasteiger partial charge on any atom is 0.240 e. The van der Waals surface area contributed by atoms with Crippen LogP contribution in [-0.2, 0) is 32.6 Å². The van der Waals surface area contributed by atoms with Crippen molar-refractivity contribution in [3.63, 3.8) is 0 Å². The van der Waals surface area contributed by atoms with Gasteiger partial charge in [0.15, 0.2) is 6.29 Å². The summed E-state index contributed by atoms with van der Waals surface area (Å²) in [6.45, 7) is 8.09. The Bertz CT molecular complexity index is 1740. The first-order chi connectivity index (χ1) is 23.3. The first-order valence-corrected chi connectivity index (χ1v) is 18.4. The van der Waals surface area contributed by atoms with Gasteiger partial charge in [0.05, 0.1) is 23.7 Å². The SMILES string of the molecule is C=CCN(CC1OC(c2ccc(-c3cccc(CNS(=O)(=O)c4ccccc4)c3)cc2)OC(c2ccc(CO)cc2)C1C)C1CCCC1. The van der Waals surface area contributed by atoms with Crippen molar-refractivity contribution in [3.05, 3.63) is 138 Å². The largest absolute Gasteiger partial charge is 0.392 e. The number of nitrogens with one attached hydrogen (secondary N) is 1. The molecule has 7 nitrogen and oxygen atoms in total. The molecule has 1 saturated heterocycles. The normalized spacial score (nSPS) is 21.8. The Morgan fingerprint density at radius 1 is 0.854 bits per heavy atom. The first kappa shape index (κ1) is 34.2. The molecule has 4 atom stereocenters. The number of benzene rings is 4. The van der Waals surface area contributed by atoms with E-state index in [1.54, 1.807) is 30.3 Å². The van der Waals surface area contributed by atoms with Crippen molar-refractivity contribution in [1.82, 2.24) is 9.62 Å². The van der Waals surface area contributed by atoms with E-state index in [1.165, 1.54) is 25.7 Å². The standard InChI is InChI=1S/C40H46N2O5S/c1-3-24-42(36-12-7-8-13-36)27-38-29(2)39(33-18-16-30(28-43)17-19-33)47-40(46-38)34-22-20-32(21-23-34)35-11-9-10-31(25-35)26-41-48(44,45)37-14-5-4-6-15-37/h3-6,9-11,14-23,25,29,36,38-41,43H,1,7-8,12-13,24,26-28H2,2H3. The van der Waals surface area contributed by atoms with E-state index in [-0.39, 0.29) is 36.2 Å². The fourth-order valence-corrected chi connectivity index (χ4v) is 7.96. The molecule has 0 amide bonds. The second kappa shape index (κ2) is 15.7. The molecule has 8 heteroatoms. The second-order valence-electron chi connectivity index (χ2n) is 13.0. The summed E-state index contributed by atoms with van der Waals surface area (Å²) in [6, 6.07) is 33.1. The highest BCUT2D eigenvalue weighted by Crippen LogP contribution is 2.42. The number of hydrogen-bond acceptors (Lipinski definition) is 6. The van der Waals surface area contributed by atoms with Crippen molar-refractivity contribution in [1.29, 1.82) is 0 Å². The molecule has 252 valence electrons. The number of hydrogen-bond donors (Lipinski definition) is 2. The number of aliphatic hydroxyl groups is 1. The van der Waals surface area contributed by atoms with Gasteiger partial charge in [-0.05, 0) is 58.9 Å². The molecule has 0 radical (unpaired) electrons. The fourth-order valence-electron chi connectivity index (χ4n) is 6.92. The smallest absolute Gasteiger partial charge is 0.240 e. The zero-order valence-electron chi connectivity index (χ0n) is 27.6. The minimum atomic E-state index is -3.60. The van der Waals surface area contributed by atoms with Crippen molar-refractivity contribution in [2.45, 2.75) is 75.2 Å². The van der Waals surface area contributed by atoms with Crippen LogP contribution < -0.4 is 4.72 Å². The molecule has 0 bridgehead atoms. The molecule has 6 rings (SSSR count). The summed E-state index contributed by atoms with van der Waals surface area (Å²) in [5.41, 5.74) is 5.77. The third kappa shape index (κ3) is 8.14. The molecule has 1 heterocycles. The van der Waals surface area contributed by atoms with Gasteiger partial charge in [-0.15, -0.1) is 6.58 Å². The Morgan fingerprint density at radius 3 is 2.25 bits per heavy atom. The number of sulfonamides is 1. The van der Waals surface area contributed by atoms with Gasteiger partial charge < -0.3 is 14.6 Å². The zero-order chi connectivity index (χ0) is 33.5. The first-order valence-electron chi connectivity index (χ1n) is 16.9. The average molecular weight is 667 g/mol. The molecule has 2 aliphatic rings. The molecule has 0 aromatic heterocycles. The van der Waals surface area contributed by atoms with E-state index < -0.39 is 16.3 Å². The average Bonchev–Trinajstić information content (AvgIpc) is 3.67. The quantitative estimate of drug-likeness (QED) is 0.143. The van der Waals surface area contributed by atoms with Crippen molar-refractivity contribution in [2.24, 2.45) is 5.92 Å². The molecular formula is C40H46N2O5S. The second-order valence-corrected chi connectivity index (χ2v) is 14.7. The highest BCUT2D eigenvalue weighted by Gasteiger charge is 2.40. The molecule has 1 saturated carbocycles. The van der Waals surface area contributed by atoms with E-state index in [0.29, 0.717) is 6.04 Å². The summed E-state index contributed by atoms with van der Waals surface area (Å²) in [7, 11) is -3.60. The van der Waals surface area contributed by atoms with E-state index in [2.05, 4.69) is 59.5 Å². The summed E-state index contributed by atoms with van der Waals surface area (Å²) < 4.78 is 41.7. The topological polar surface area (TPSA) is 88.1 Å². The summed E-state index contributed by atoms with van der Waals surface area (Å²) in [5.74, 6) is 0.108. The van der Waals surface area contributed by atoms with Gasteiger partial charge in [0.1, 0.15) is 0 Å². The summed E-state index contributed by atoms with van der Waals surface area (Å²) in [5, 5.41) is 9.61. The zero-order valence-corrected chi connectivity index (χ0v) is 28.4. The molecule has 4 aromatic rings. The van der Waals surface area contributed by atoms with Crippen molar-refractivity contribution < 1.29 is 23.0 Å². The van der Waals surface area contributed by atoms with Gasteiger partial charge in [-0.3, -0.25) is 4.90 Å². The van der Waals surface area contributed by atoms with Gasteiger partial charge >= 0.3 is 0 Å². The third-order valence-electron chi connectivity index (χ3n) is 9.71. The minimum Gasteiger partial charge on any atom is -0.392 e. The van der Waals surface area contributed by atoms with Gasteiger partial charge in [-0.25, -0.2) is 13.1 Å². The summed E-state index contributed by atoms with van der Waals surface area (Å²) >= 11 is 0. The molecule has 2 N–H and O–H groups in total. The Labute approximate surface area is 285 Å². The Balaban J connectivity index is 1.20. The molecule has 1 aliphatic carbocycles. The molecule has 0 spiro atoms. The van der Waals surface area contributed by atoms with E-state index in [0.717, 1.165) is 46.5 Å². The molecule has 4 unspecified atom stereocenters. The number of ether oxygens (including phenoxy) is 2. The van der Waals surface area contributed by atoms with Crippen molar-refractivity contribution in [3.8, 4) is 11.1 Å². The Morgan fingerprint density at radius 2 is 1.56 bits per heavy atom. The van der Waals surface area contributed by atoms with Crippen LogP contribution in [0, 0.1) is 5.92 Å². The summed E-state index contributed by atoms with van der Waals surface area (Å²) in [6.07, 6.45) is 6.18. The maximum atomic E-state index is 12.7. The van der Waals surface area contributed by atoms with Crippen LogP contribution in [0.5, 0.6) is 0 Å². The van der Waals surface area contributed by atoms with Gasteiger partial charge in [-0.1, -0.05) is 111 Å². The van der Waals surface area contributed by atoms with E-state index in [9.17, 15) is 13.5 Å². The lowest BCUT2D eigenvalue weighted by molar-refractivity contribution is -0.276. The number of rotatable bonds is 13. The number of nitrogens with zero attached hydrogens (tertiary/aromatic N) is 1. The molecule has 1 aliphatic heterocycles. The van der Waals surface area contributed by atoms with Crippen molar-refractivity contribution >= 4 is 10.0 Å². The summed E-state index contributed by atoms with van der Waals surface area (Å²) in [4.78, 5) is 2.78. The highest BCUT2D eigenvalue weighted by atomic mass is 32.2. The maximum absolute atomic E-state index is 12.7. The highest BCUT2D eigenvalue weighted by molar-refractivity contribution is 7.89.